The zero-order valence-corrected chi connectivity index (χ0v) is 73.2. The maximum absolute atomic E-state index is 12.2. The normalized spacial score (nSPS) is 10.7. The van der Waals surface area contributed by atoms with Crippen molar-refractivity contribution in [3.05, 3.63) is 275 Å². The number of carbonyl (C=O) groups excluding carboxylic acids is 2. The summed E-state index contributed by atoms with van der Waals surface area (Å²) in [4.78, 5) is 87.7. The van der Waals surface area contributed by atoms with E-state index in [0.717, 1.165) is 78.6 Å². The maximum atomic E-state index is 12.2. The average molecular weight is 1820 g/mol. The van der Waals surface area contributed by atoms with Crippen LogP contribution >= 0.6 is 23.8 Å². The van der Waals surface area contributed by atoms with Crippen LogP contribution < -0.4 is 35.9 Å². The second-order valence-corrected chi connectivity index (χ2v) is 29.5. The molecule has 0 radical (unpaired) electrons. The van der Waals surface area contributed by atoms with Crippen molar-refractivity contribution in [1.82, 2.24) is 53.6 Å². The number of oxazole rings is 5. The number of nitro groups is 2. The summed E-state index contributed by atoms with van der Waals surface area (Å²) in [5, 5.41) is 74.4. The zero-order chi connectivity index (χ0) is 94.2. The molecule has 131 heavy (non-hydrogen) atoms. The van der Waals surface area contributed by atoms with Crippen molar-refractivity contribution < 1.29 is 90.4 Å². The lowest BCUT2D eigenvalue weighted by Crippen LogP contribution is -2.00. The number of H-pyrrole nitrogens is 1. The molecule has 0 aliphatic rings. The number of carboxylic acids is 1. The van der Waals surface area contributed by atoms with Crippen LogP contribution in [0.2, 0.25) is 5.35 Å². The number of phenols is 3. The molecule has 0 saturated carbocycles. The van der Waals surface area contributed by atoms with Crippen LogP contribution in [0.5, 0.6) is 34.5 Å². The summed E-state index contributed by atoms with van der Waals surface area (Å²) < 4.78 is 60.8. The number of aryl methyl sites for hydroxylation is 7. The first-order chi connectivity index (χ1) is 62.6. The number of aliphatic hydroxyl groups excluding tert-OH is 1. The van der Waals surface area contributed by atoms with Crippen LogP contribution in [0.1, 0.15) is 73.1 Å². The number of nitrogens with zero attached hydrogens (tertiary/aromatic N) is 12. The molecular formula is C91H83ClFN17O20S. The Hall–Kier alpha value is -16.8. The highest BCUT2D eigenvalue weighted by atomic mass is 35.5. The molecule has 0 aliphatic carbocycles. The molecule has 11 aromatic carbocycles. The van der Waals surface area contributed by atoms with Crippen molar-refractivity contribution in [1.29, 1.82) is 0 Å². The van der Waals surface area contributed by atoms with E-state index in [1.54, 1.807) is 118 Å². The van der Waals surface area contributed by atoms with Gasteiger partial charge in [0.15, 0.2) is 51.0 Å². The summed E-state index contributed by atoms with van der Waals surface area (Å²) in [7, 11) is 10.4. The number of hydrogen-bond donors (Lipinski definition) is 10. The molecule has 0 fully saturated rings. The van der Waals surface area contributed by atoms with Gasteiger partial charge in [-0.2, -0.15) is 19.9 Å². The second kappa shape index (κ2) is 41.5. The number of methoxy groups -OCH3 is 3. The van der Waals surface area contributed by atoms with Gasteiger partial charge in [-0.15, -0.1) is 0 Å². The standard InChI is InChI=1S/C20H20N4O4.C18H16N4O3.C17H14N4O4.C8H6ClNO.C8H7NOS.C7H7NO3.C7H9NO.C6H4FNO3/c1-24-16-8-5-12(17(26)4-3-9-25)10-15(16)21-19(24)23-20-22-14-7-6-13(27-2)11-18(14)28-20;1-10(23)11-4-7-15-14(8-11)19-17(22(15)2)21-18-20-13-6-5-12(24-3)9-16(13)25-18;1-21-13-6-3-9(15(22)23)7-12(13)18-16(21)20-17-19-11-5-4-10(24-2)8-14(11)25-17;1-5-2-3-6-7(4-5)11-8(9)10-6;1-5-2-3-6-7(4-5)10-8(11)9-6;1-5-2-3-6(8(10)11)7(9)4-5;1-5-2-3-6(8)7(9)4-5;7-4-1-2-5(8(10)11)6(9)3-4/h5-8,10-11,25H,3-4,9H2,1-2H3,(H,21,22,23);4-9H,1-3H3,(H,19,20,21);3-8H,1-2H3,(H,22,23)(H,18,19,20);2-4H,1H3;2-4H,1H3,(H,9,11);2-4,9H,1H3;2-4,9H,8H2,1H3;1-3,9H. The van der Waals surface area contributed by atoms with Gasteiger partial charge in [0, 0.05) is 81.7 Å². The number of anilines is 7. The quantitative estimate of drug-likeness (QED) is 0.0101. The predicted octanol–water partition coefficient (Wildman–Crippen LogP) is 20.2. The number of imidazole rings is 3. The number of ketones is 2. The van der Waals surface area contributed by atoms with Gasteiger partial charge in [-0.25, -0.2) is 24.1 Å². The van der Waals surface area contributed by atoms with Crippen LogP contribution in [0.15, 0.2) is 222 Å². The molecule has 8 aromatic heterocycles. The van der Waals surface area contributed by atoms with E-state index in [9.17, 15) is 39.0 Å². The summed E-state index contributed by atoms with van der Waals surface area (Å²) in [6.45, 7) is 9.21. The van der Waals surface area contributed by atoms with E-state index in [4.69, 9.17) is 91.4 Å². The number of halogens is 2. The third kappa shape index (κ3) is 23.5. The molecule has 0 atom stereocenters. The Kier molecular flexibility index (Phi) is 29.6. The number of nitrogens with one attached hydrogen (secondary N) is 4. The van der Waals surface area contributed by atoms with Gasteiger partial charge < -0.3 is 86.2 Å². The van der Waals surface area contributed by atoms with Gasteiger partial charge in [-0.1, -0.05) is 24.3 Å². The van der Waals surface area contributed by atoms with E-state index in [0.29, 0.717) is 133 Å². The lowest BCUT2D eigenvalue weighted by molar-refractivity contribution is -0.386. The molecule has 11 N–H and O–H groups in total. The van der Waals surface area contributed by atoms with Crippen molar-refractivity contribution >= 4 is 183 Å². The van der Waals surface area contributed by atoms with Gasteiger partial charge in [0.2, 0.25) is 17.8 Å². The van der Waals surface area contributed by atoms with Crippen molar-refractivity contribution in [2.75, 3.05) is 49.6 Å². The Balaban J connectivity index is 0.000000141. The fraction of sp³-hybridized carbons (Fsp3) is 0.154. The van der Waals surface area contributed by atoms with Crippen LogP contribution in [-0.4, -0.2) is 134 Å². The fourth-order valence-corrected chi connectivity index (χ4v) is 12.9. The van der Waals surface area contributed by atoms with Crippen LogP contribution in [-0.2, 0) is 21.1 Å². The number of nitro benzene ring substituents is 2. The van der Waals surface area contributed by atoms with E-state index in [1.165, 1.54) is 30.7 Å². The number of ether oxygens (including phenoxy) is 3. The summed E-state index contributed by atoms with van der Waals surface area (Å²) in [5.74, 6) is 1.23. The fourth-order valence-electron chi connectivity index (χ4n) is 12.5. The van der Waals surface area contributed by atoms with Crippen LogP contribution in [0.25, 0.3) is 88.6 Å². The van der Waals surface area contributed by atoms with Gasteiger partial charge in [-0.05, 0) is 227 Å². The highest BCUT2D eigenvalue weighted by molar-refractivity contribution is 7.71. The second-order valence-electron chi connectivity index (χ2n) is 28.8. The van der Waals surface area contributed by atoms with Crippen molar-refractivity contribution in [3.8, 4) is 34.5 Å². The van der Waals surface area contributed by atoms with Crippen LogP contribution in [0.3, 0.4) is 0 Å². The lowest BCUT2D eigenvalue weighted by Gasteiger charge is -2.02. The number of aliphatic hydroxyl groups is 1. The number of carboxylic acid groups (broad SMARTS) is 1. The van der Waals surface area contributed by atoms with E-state index >= 15 is 0 Å². The number of aromatic carboxylic acids is 1. The molecule has 0 unspecified atom stereocenters. The minimum absolute atomic E-state index is 0.00200. The number of aromatic nitrogens is 11. The van der Waals surface area contributed by atoms with E-state index < -0.39 is 33.1 Å². The minimum Gasteiger partial charge on any atom is -0.506 e. The molecule has 0 saturated heterocycles. The lowest BCUT2D eigenvalue weighted by atomic mass is 10.1. The number of aromatic amines is 1. The van der Waals surface area contributed by atoms with Gasteiger partial charge in [0.25, 0.3) is 10.2 Å². The summed E-state index contributed by atoms with van der Waals surface area (Å²) >= 11 is 10.4. The number of nitrogens with two attached hydrogens (primary N) is 1. The first-order valence-corrected chi connectivity index (χ1v) is 40.1. The van der Waals surface area contributed by atoms with Crippen LogP contribution in [0, 0.1) is 58.6 Å². The molecule has 0 bridgehead atoms. The molecule has 37 nitrogen and oxygen atoms in total. The molecule has 0 amide bonds. The van der Waals surface area contributed by atoms with E-state index in [2.05, 4.69) is 55.8 Å². The highest BCUT2D eigenvalue weighted by Crippen LogP contribution is 2.34. The highest BCUT2D eigenvalue weighted by Gasteiger charge is 2.21. The Morgan fingerprint density at radius 2 is 0.870 bits per heavy atom. The predicted molar refractivity (Wildman–Crippen MR) is 493 cm³/mol. The summed E-state index contributed by atoms with van der Waals surface area (Å²) in [6, 6.07) is 56.4. The molecular weight excluding hydrogens is 1740 g/mol. The van der Waals surface area contributed by atoms with Crippen molar-refractivity contribution in [3.63, 3.8) is 0 Å². The maximum Gasteiger partial charge on any atom is 0.335 e. The number of hydrogen-bond acceptors (Lipinski definition) is 31. The Morgan fingerprint density at radius 1 is 0.481 bits per heavy atom. The molecule has 19 aromatic rings. The van der Waals surface area contributed by atoms with Crippen molar-refractivity contribution in [2.45, 2.75) is 47.5 Å². The molecule has 0 aliphatic heterocycles. The number of aromatic hydroxyl groups is 3. The molecule has 0 spiro atoms. The third-order valence-electron chi connectivity index (χ3n) is 19.4. The number of phenolic OH excluding ortho intramolecular Hbond substituents is 3. The van der Waals surface area contributed by atoms with Crippen molar-refractivity contribution in [2.24, 2.45) is 21.1 Å². The van der Waals surface area contributed by atoms with Gasteiger partial charge in [0.05, 0.1) is 81.0 Å². The average Bonchev–Trinajstić information content (AvgIpc) is 1.65. The van der Waals surface area contributed by atoms with Gasteiger partial charge in [-0.3, -0.25) is 45.8 Å². The zero-order valence-electron chi connectivity index (χ0n) is 71.6. The Bertz CT molecular complexity index is 7280. The Labute approximate surface area is 751 Å². The first kappa shape index (κ1) is 93.3. The number of Topliss-reactive ketones (excluding diaryl/α,β-unsaturated/α-hetero) is 2. The molecule has 8 heterocycles. The smallest absolute Gasteiger partial charge is 0.335 e. The number of rotatable bonds is 17. The summed E-state index contributed by atoms with van der Waals surface area (Å²) in [6.07, 6.45) is 0.765. The minimum atomic E-state index is -0.991. The number of fused-ring (bicyclic) bond motifs is 8. The third-order valence-corrected chi connectivity index (χ3v) is 19.7. The monoisotopic (exact) mass is 1820 g/mol. The number of carbonyl (C=O) groups is 3. The number of benzene rings is 11. The topological polar surface area (TPSA) is 515 Å². The van der Waals surface area contributed by atoms with E-state index in [1.807, 2.05) is 130 Å². The molecule has 40 heteroatoms. The largest absolute Gasteiger partial charge is 0.506 e. The SMILES string of the molecule is COc1ccc2nc(Nc3nc4cc(C(=O)CCCO)ccc4n3C)oc2c1.COc1ccc2nc(Nc3nc4cc(C(=O)O)ccc4n3C)oc2c1.COc1ccc2nc(Nc3nc4cc(C(C)=O)ccc4n3C)oc2c1.Cc1ccc(N)c(O)c1.Cc1ccc([N+](=O)[O-])c(O)c1.Cc1ccc2[nH]c(=S)oc2c1.Cc1ccc2nc(Cl)oc2c1.O=[N+]([O-])c1ccc(F)cc1O. The summed E-state index contributed by atoms with van der Waals surface area (Å²) in [5.41, 5.74) is 22.4. The van der Waals surface area contributed by atoms with E-state index in [-0.39, 0.29) is 46.3 Å². The first-order valence-electron chi connectivity index (χ1n) is 39.3. The Morgan fingerprint density at radius 3 is 1.31 bits per heavy atom. The van der Waals surface area contributed by atoms with Crippen LogP contribution in [0.4, 0.5) is 57.3 Å². The molecule has 19 rings (SSSR count). The number of nitrogen functional groups attached to an aromatic ring is 1. The van der Waals surface area contributed by atoms with Gasteiger partial charge in [0.1, 0.15) is 50.9 Å². The molecule has 672 valence electrons. The van der Waals surface area contributed by atoms with Gasteiger partial charge >= 0.3 is 35.4 Å².